The van der Waals surface area contributed by atoms with Crippen LogP contribution in [0.1, 0.15) is 57.7 Å². The van der Waals surface area contributed by atoms with Gasteiger partial charge in [-0.1, -0.05) is 26.8 Å². The van der Waals surface area contributed by atoms with Crippen molar-refractivity contribution < 1.29 is 9.13 Å². The predicted octanol–water partition coefficient (Wildman–Crippen LogP) is 4.38. The van der Waals surface area contributed by atoms with E-state index >= 15 is 0 Å². The second-order valence-corrected chi connectivity index (χ2v) is 5.26. The van der Waals surface area contributed by atoms with Gasteiger partial charge in [0.15, 0.2) is 0 Å². The molecule has 0 fully saturated rings. The lowest BCUT2D eigenvalue weighted by Crippen LogP contribution is -2.45. The van der Waals surface area contributed by atoms with E-state index in [4.69, 9.17) is 4.74 Å². The molecule has 0 aromatic heterocycles. The van der Waals surface area contributed by atoms with Crippen LogP contribution in [0.5, 0.6) is 0 Å². The number of likely N-dealkylation sites (N-methyl/N-ethyl adjacent to an activating group) is 1. The van der Waals surface area contributed by atoms with Gasteiger partial charge in [0.1, 0.15) is 5.82 Å². The molecule has 0 spiro atoms. The van der Waals surface area contributed by atoms with E-state index in [-0.39, 0.29) is 17.5 Å². The molecule has 0 radical (unpaired) electrons. The summed E-state index contributed by atoms with van der Waals surface area (Å²) in [5, 5.41) is 3.49. The van der Waals surface area contributed by atoms with E-state index in [9.17, 15) is 4.39 Å². The first-order valence-electron chi connectivity index (χ1n) is 7.67. The van der Waals surface area contributed by atoms with E-state index in [0.29, 0.717) is 6.61 Å². The Morgan fingerprint density at radius 2 is 1.80 bits per heavy atom. The fraction of sp³-hybridized carbons (Fsp3) is 0.647. The van der Waals surface area contributed by atoms with Crippen LogP contribution in [-0.4, -0.2) is 18.8 Å². The van der Waals surface area contributed by atoms with Crippen LogP contribution in [0.4, 0.5) is 4.39 Å². The fourth-order valence-electron chi connectivity index (χ4n) is 2.98. The summed E-state index contributed by atoms with van der Waals surface area (Å²) in [7, 11) is 0. The summed E-state index contributed by atoms with van der Waals surface area (Å²) in [6.45, 7) is 11.8. The lowest BCUT2D eigenvalue weighted by molar-refractivity contribution is -0.0730. The van der Waals surface area contributed by atoms with Gasteiger partial charge in [0.2, 0.25) is 0 Å². The minimum Gasteiger partial charge on any atom is -0.373 e. The van der Waals surface area contributed by atoms with E-state index in [1.807, 2.05) is 13.8 Å². The zero-order chi connectivity index (χ0) is 15.2. The standard InChI is InChI=1S/C17H28FNO/c1-6-17(7-2,20-9-4)16(19-8-3)14-10-13(5)11-15(18)12-14/h10-12,16,19H,6-9H2,1-5H3. The smallest absolute Gasteiger partial charge is 0.123 e. The summed E-state index contributed by atoms with van der Waals surface area (Å²) >= 11 is 0. The first kappa shape index (κ1) is 17.1. The highest BCUT2D eigenvalue weighted by molar-refractivity contribution is 5.28. The van der Waals surface area contributed by atoms with Crippen LogP contribution < -0.4 is 5.32 Å². The predicted molar refractivity (Wildman–Crippen MR) is 82.5 cm³/mol. The maximum Gasteiger partial charge on any atom is 0.123 e. The summed E-state index contributed by atoms with van der Waals surface area (Å²) < 4.78 is 19.8. The van der Waals surface area contributed by atoms with Crippen LogP contribution in [0.3, 0.4) is 0 Å². The average Bonchev–Trinajstić information content (AvgIpc) is 2.41. The molecule has 3 heteroatoms. The molecule has 2 nitrogen and oxygen atoms in total. The molecule has 0 heterocycles. The molecule has 0 saturated heterocycles. The number of halogens is 1. The van der Waals surface area contributed by atoms with Crippen LogP contribution in [0.2, 0.25) is 0 Å². The Kier molecular flexibility index (Phi) is 6.63. The molecule has 1 aromatic rings. The molecular weight excluding hydrogens is 253 g/mol. The average molecular weight is 281 g/mol. The third-order valence-electron chi connectivity index (χ3n) is 3.96. The van der Waals surface area contributed by atoms with Crippen molar-refractivity contribution in [1.29, 1.82) is 0 Å². The Morgan fingerprint density at radius 1 is 1.15 bits per heavy atom. The monoisotopic (exact) mass is 281 g/mol. The quantitative estimate of drug-likeness (QED) is 0.763. The van der Waals surface area contributed by atoms with Gasteiger partial charge in [0.25, 0.3) is 0 Å². The van der Waals surface area contributed by atoms with Gasteiger partial charge in [-0.05, 0) is 56.5 Å². The van der Waals surface area contributed by atoms with E-state index in [2.05, 4.69) is 32.2 Å². The summed E-state index contributed by atoms with van der Waals surface area (Å²) in [5.41, 5.74) is 1.63. The second kappa shape index (κ2) is 7.75. The molecule has 1 rings (SSSR count). The lowest BCUT2D eigenvalue weighted by Gasteiger charge is -2.40. The van der Waals surface area contributed by atoms with Crippen LogP contribution in [0, 0.1) is 12.7 Å². The Labute approximate surface area is 122 Å². The zero-order valence-electron chi connectivity index (χ0n) is 13.4. The molecule has 0 aliphatic rings. The first-order chi connectivity index (χ1) is 9.52. The number of nitrogens with one attached hydrogen (secondary N) is 1. The minimum absolute atomic E-state index is 0.0110. The van der Waals surface area contributed by atoms with E-state index in [1.54, 1.807) is 12.1 Å². The Balaban J connectivity index is 3.25. The van der Waals surface area contributed by atoms with Gasteiger partial charge in [-0.15, -0.1) is 0 Å². The number of aryl methyl sites for hydroxylation is 1. The number of rotatable bonds is 8. The van der Waals surface area contributed by atoms with Crippen LogP contribution >= 0.6 is 0 Å². The van der Waals surface area contributed by atoms with Crippen molar-refractivity contribution in [1.82, 2.24) is 5.32 Å². The maximum absolute atomic E-state index is 13.7. The third-order valence-corrected chi connectivity index (χ3v) is 3.96. The summed E-state index contributed by atoms with van der Waals surface area (Å²) in [6, 6.07) is 5.25. The highest BCUT2D eigenvalue weighted by Gasteiger charge is 2.37. The normalized spacial score (nSPS) is 13.5. The SMILES string of the molecule is CCNC(c1cc(C)cc(F)c1)C(CC)(CC)OCC. The van der Waals surface area contributed by atoms with Crippen molar-refractivity contribution in [2.24, 2.45) is 0 Å². The number of ether oxygens (including phenoxy) is 1. The minimum atomic E-state index is -0.287. The van der Waals surface area contributed by atoms with Crippen molar-refractivity contribution in [2.45, 2.75) is 59.1 Å². The van der Waals surface area contributed by atoms with E-state index in [1.165, 1.54) is 0 Å². The van der Waals surface area contributed by atoms with Crippen molar-refractivity contribution in [2.75, 3.05) is 13.2 Å². The van der Waals surface area contributed by atoms with Crippen LogP contribution in [0.25, 0.3) is 0 Å². The zero-order valence-corrected chi connectivity index (χ0v) is 13.4. The topological polar surface area (TPSA) is 21.3 Å². The van der Waals surface area contributed by atoms with E-state index in [0.717, 1.165) is 30.5 Å². The molecule has 0 bridgehead atoms. The molecule has 0 aliphatic heterocycles. The van der Waals surface area contributed by atoms with Crippen LogP contribution in [0.15, 0.2) is 18.2 Å². The number of hydrogen-bond acceptors (Lipinski definition) is 2. The fourth-order valence-corrected chi connectivity index (χ4v) is 2.98. The van der Waals surface area contributed by atoms with Gasteiger partial charge in [0.05, 0.1) is 11.6 Å². The van der Waals surface area contributed by atoms with Gasteiger partial charge in [-0.25, -0.2) is 4.39 Å². The van der Waals surface area contributed by atoms with Crippen LogP contribution in [-0.2, 0) is 4.74 Å². The highest BCUT2D eigenvalue weighted by atomic mass is 19.1. The molecule has 0 amide bonds. The van der Waals surface area contributed by atoms with E-state index < -0.39 is 0 Å². The molecule has 1 unspecified atom stereocenters. The Morgan fingerprint density at radius 3 is 2.25 bits per heavy atom. The Hall–Kier alpha value is -0.930. The number of benzene rings is 1. The molecule has 0 aliphatic carbocycles. The van der Waals surface area contributed by atoms with Crippen molar-refractivity contribution >= 4 is 0 Å². The maximum atomic E-state index is 13.7. The summed E-state index contributed by atoms with van der Waals surface area (Å²) in [5.74, 6) is -0.180. The van der Waals surface area contributed by atoms with Crippen molar-refractivity contribution in [3.63, 3.8) is 0 Å². The van der Waals surface area contributed by atoms with Gasteiger partial charge >= 0.3 is 0 Å². The number of hydrogen-bond donors (Lipinski definition) is 1. The molecular formula is C17H28FNO. The molecule has 0 saturated carbocycles. The lowest BCUT2D eigenvalue weighted by atomic mass is 9.83. The highest BCUT2D eigenvalue weighted by Crippen LogP contribution is 2.36. The summed E-state index contributed by atoms with van der Waals surface area (Å²) in [6.07, 6.45) is 1.79. The van der Waals surface area contributed by atoms with Crippen molar-refractivity contribution in [3.8, 4) is 0 Å². The molecule has 1 aromatic carbocycles. The van der Waals surface area contributed by atoms with Gasteiger partial charge < -0.3 is 10.1 Å². The van der Waals surface area contributed by atoms with Gasteiger partial charge in [-0.2, -0.15) is 0 Å². The molecule has 1 atom stereocenters. The molecule has 114 valence electrons. The van der Waals surface area contributed by atoms with Gasteiger partial charge in [0, 0.05) is 6.61 Å². The molecule has 1 N–H and O–H groups in total. The van der Waals surface area contributed by atoms with Crippen molar-refractivity contribution in [3.05, 3.63) is 35.1 Å². The third kappa shape index (κ3) is 3.80. The largest absolute Gasteiger partial charge is 0.373 e. The molecule has 20 heavy (non-hydrogen) atoms. The summed E-state index contributed by atoms with van der Waals surface area (Å²) in [4.78, 5) is 0. The van der Waals surface area contributed by atoms with Gasteiger partial charge in [-0.3, -0.25) is 0 Å². The first-order valence-corrected chi connectivity index (χ1v) is 7.67. The Bertz CT molecular complexity index is 395. The second-order valence-electron chi connectivity index (χ2n) is 5.26.